The monoisotopic (exact) mass is 490 g/mol. The van der Waals surface area contributed by atoms with Crippen LogP contribution in [0, 0.1) is 0 Å². The highest BCUT2D eigenvalue weighted by atomic mass is 32.2. The number of nitrogens with zero attached hydrogens (tertiary/aromatic N) is 1. The normalized spacial score (nSPS) is 10.6. The summed E-state index contributed by atoms with van der Waals surface area (Å²) in [6.45, 7) is 5.59. The number of urea groups is 1. The van der Waals surface area contributed by atoms with Gasteiger partial charge >= 0.3 is 12.0 Å². The first-order chi connectivity index (χ1) is 17.1. The van der Waals surface area contributed by atoms with Gasteiger partial charge in [-0.1, -0.05) is 67.6 Å². The van der Waals surface area contributed by atoms with Crippen molar-refractivity contribution < 1.29 is 14.3 Å². The Hall–Kier alpha value is -3.25. The lowest BCUT2D eigenvalue weighted by atomic mass is 10.1. The molecule has 2 amide bonds. The van der Waals surface area contributed by atoms with Crippen LogP contribution >= 0.6 is 11.8 Å². The number of benzene rings is 3. The van der Waals surface area contributed by atoms with Crippen molar-refractivity contribution in [2.45, 2.75) is 49.3 Å². The molecule has 0 radical (unpaired) electrons. The summed E-state index contributed by atoms with van der Waals surface area (Å²) in [4.78, 5) is 28.7. The molecule has 0 aliphatic rings. The molecule has 0 saturated carbocycles. The van der Waals surface area contributed by atoms with E-state index in [0.29, 0.717) is 19.7 Å². The standard InChI is InChI=1S/C29H34N2O3S/c1-3-5-19-30-29(33)31(20-18-23-10-7-6-8-11-23)25-14-16-26(17-15-25)35-27-13-9-12-24(21-27)22-28(32)34-4-2/h6-17,21H,3-5,18-20,22H2,1-2H3,(H,30,33). The van der Waals surface area contributed by atoms with Crippen molar-refractivity contribution in [1.29, 1.82) is 0 Å². The Kier molecular flexibility index (Phi) is 10.7. The van der Waals surface area contributed by atoms with Crippen molar-refractivity contribution in [2.24, 2.45) is 0 Å². The average molecular weight is 491 g/mol. The van der Waals surface area contributed by atoms with Crippen LogP contribution in [0.25, 0.3) is 0 Å². The fourth-order valence-electron chi connectivity index (χ4n) is 3.63. The summed E-state index contributed by atoms with van der Waals surface area (Å²) in [6.07, 6.45) is 3.05. The molecule has 0 fully saturated rings. The van der Waals surface area contributed by atoms with Crippen LogP contribution in [-0.4, -0.2) is 31.7 Å². The highest BCUT2D eigenvalue weighted by molar-refractivity contribution is 7.99. The van der Waals surface area contributed by atoms with Crippen LogP contribution in [0.1, 0.15) is 37.8 Å². The van der Waals surface area contributed by atoms with Gasteiger partial charge in [0.05, 0.1) is 13.0 Å². The lowest BCUT2D eigenvalue weighted by Gasteiger charge is -2.23. The van der Waals surface area contributed by atoms with Crippen molar-refractivity contribution in [1.82, 2.24) is 5.32 Å². The number of hydrogen-bond donors (Lipinski definition) is 1. The molecule has 0 aliphatic heterocycles. The number of nitrogens with one attached hydrogen (secondary N) is 1. The second-order valence-corrected chi connectivity index (χ2v) is 9.34. The van der Waals surface area contributed by atoms with Gasteiger partial charge < -0.3 is 10.1 Å². The van der Waals surface area contributed by atoms with E-state index in [2.05, 4.69) is 24.4 Å². The number of carbonyl (C=O) groups is 2. The summed E-state index contributed by atoms with van der Waals surface area (Å²) >= 11 is 1.63. The van der Waals surface area contributed by atoms with Crippen LogP contribution in [0.5, 0.6) is 0 Å². The lowest BCUT2D eigenvalue weighted by Crippen LogP contribution is -2.41. The molecule has 0 bridgehead atoms. The van der Waals surface area contributed by atoms with Crippen molar-refractivity contribution in [2.75, 3.05) is 24.6 Å². The zero-order chi connectivity index (χ0) is 24.9. The number of ether oxygens (including phenoxy) is 1. The number of carbonyl (C=O) groups excluding carboxylic acids is 2. The Balaban J connectivity index is 1.68. The lowest BCUT2D eigenvalue weighted by molar-refractivity contribution is -0.142. The van der Waals surface area contributed by atoms with E-state index in [-0.39, 0.29) is 18.4 Å². The molecule has 0 aliphatic carbocycles. The second kappa shape index (κ2) is 14.2. The number of anilines is 1. The smallest absolute Gasteiger partial charge is 0.321 e. The van der Waals surface area contributed by atoms with Gasteiger partial charge in [0.2, 0.25) is 0 Å². The van der Waals surface area contributed by atoms with Crippen LogP contribution in [0.2, 0.25) is 0 Å². The Morgan fingerprint density at radius 3 is 2.34 bits per heavy atom. The van der Waals surface area contributed by atoms with Gasteiger partial charge in [-0.3, -0.25) is 9.69 Å². The van der Waals surface area contributed by atoms with Crippen LogP contribution in [0.3, 0.4) is 0 Å². The first-order valence-electron chi connectivity index (χ1n) is 12.2. The summed E-state index contributed by atoms with van der Waals surface area (Å²) in [6, 6.07) is 26.1. The van der Waals surface area contributed by atoms with Crippen molar-refractivity contribution in [3.8, 4) is 0 Å². The summed E-state index contributed by atoms with van der Waals surface area (Å²) in [5.41, 5.74) is 3.00. The minimum atomic E-state index is -0.216. The fraction of sp³-hybridized carbons (Fsp3) is 0.310. The van der Waals surface area contributed by atoms with Gasteiger partial charge in [-0.05, 0) is 67.3 Å². The molecule has 0 atom stereocenters. The van der Waals surface area contributed by atoms with Gasteiger partial charge in [-0.15, -0.1) is 0 Å². The predicted octanol–water partition coefficient (Wildman–Crippen LogP) is 6.50. The maximum Gasteiger partial charge on any atom is 0.321 e. The molecule has 0 unspecified atom stereocenters. The van der Waals surface area contributed by atoms with E-state index in [1.165, 1.54) is 5.56 Å². The summed E-state index contributed by atoms with van der Waals surface area (Å²) in [7, 11) is 0. The fourth-order valence-corrected chi connectivity index (χ4v) is 4.53. The molecule has 3 rings (SSSR count). The minimum Gasteiger partial charge on any atom is -0.466 e. The quantitative estimate of drug-likeness (QED) is 0.232. The molecular formula is C29H34N2O3S. The summed E-state index contributed by atoms with van der Waals surface area (Å²) in [5.74, 6) is -0.216. The van der Waals surface area contributed by atoms with E-state index in [1.54, 1.807) is 11.8 Å². The maximum absolute atomic E-state index is 13.0. The largest absolute Gasteiger partial charge is 0.466 e. The minimum absolute atomic E-state index is 0.0681. The van der Waals surface area contributed by atoms with Gasteiger partial charge in [-0.2, -0.15) is 0 Å². The van der Waals surface area contributed by atoms with E-state index in [1.807, 2.05) is 78.6 Å². The number of rotatable bonds is 12. The topological polar surface area (TPSA) is 58.6 Å². The third-order valence-electron chi connectivity index (χ3n) is 5.45. The van der Waals surface area contributed by atoms with Crippen LogP contribution in [0.4, 0.5) is 10.5 Å². The van der Waals surface area contributed by atoms with Crippen LogP contribution in [0.15, 0.2) is 88.7 Å². The van der Waals surface area contributed by atoms with Crippen LogP contribution < -0.4 is 10.2 Å². The zero-order valence-corrected chi connectivity index (χ0v) is 21.4. The number of hydrogen-bond acceptors (Lipinski definition) is 4. The van der Waals surface area contributed by atoms with Gasteiger partial charge in [0, 0.05) is 28.6 Å². The van der Waals surface area contributed by atoms with Crippen molar-refractivity contribution in [3.05, 3.63) is 90.0 Å². The Morgan fingerprint density at radius 1 is 0.886 bits per heavy atom. The molecule has 0 aromatic heterocycles. The second-order valence-electron chi connectivity index (χ2n) is 8.20. The van der Waals surface area contributed by atoms with E-state index < -0.39 is 0 Å². The highest BCUT2D eigenvalue weighted by Gasteiger charge is 2.15. The van der Waals surface area contributed by atoms with Gasteiger partial charge in [0.1, 0.15) is 0 Å². The molecule has 6 heteroatoms. The molecule has 1 N–H and O–H groups in total. The average Bonchev–Trinajstić information content (AvgIpc) is 2.86. The predicted molar refractivity (Wildman–Crippen MR) is 143 cm³/mol. The Morgan fingerprint density at radius 2 is 1.63 bits per heavy atom. The highest BCUT2D eigenvalue weighted by Crippen LogP contribution is 2.30. The van der Waals surface area contributed by atoms with E-state index in [4.69, 9.17) is 4.74 Å². The molecular weight excluding hydrogens is 456 g/mol. The zero-order valence-electron chi connectivity index (χ0n) is 20.5. The molecule has 0 saturated heterocycles. The maximum atomic E-state index is 13.0. The summed E-state index contributed by atoms with van der Waals surface area (Å²) < 4.78 is 5.05. The van der Waals surface area contributed by atoms with Crippen LogP contribution in [-0.2, 0) is 22.4 Å². The van der Waals surface area contributed by atoms with E-state index >= 15 is 0 Å². The molecule has 0 heterocycles. The Labute approximate surface area is 212 Å². The van der Waals surface area contributed by atoms with Gasteiger partial charge in [-0.25, -0.2) is 4.79 Å². The Bertz CT molecular complexity index is 1070. The van der Waals surface area contributed by atoms with E-state index in [0.717, 1.165) is 40.3 Å². The van der Waals surface area contributed by atoms with Gasteiger partial charge in [0.15, 0.2) is 0 Å². The van der Waals surface area contributed by atoms with Crippen molar-refractivity contribution >= 4 is 29.4 Å². The third-order valence-corrected chi connectivity index (χ3v) is 6.45. The molecule has 3 aromatic carbocycles. The number of unbranched alkanes of at least 4 members (excludes halogenated alkanes) is 1. The van der Waals surface area contributed by atoms with Crippen molar-refractivity contribution in [3.63, 3.8) is 0 Å². The SMILES string of the molecule is CCCCNC(=O)N(CCc1ccccc1)c1ccc(Sc2cccc(CC(=O)OCC)c2)cc1. The third kappa shape index (κ3) is 8.80. The first-order valence-corrected chi connectivity index (χ1v) is 13.0. The number of amides is 2. The molecule has 5 nitrogen and oxygen atoms in total. The first kappa shape index (κ1) is 26.4. The summed E-state index contributed by atoms with van der Waals surface area (Å²) in [5, 5.41) is 3.05. The molecule has 184 valence electrons. The molecule has 0 spiro atoms. The molecule has 3 aromatic rings. The number of esters is 1. The molecule has 35 heavy (non-hydrogen) atoms. The van der Waals surface area contributed by atoms with E-state index in [9.17, 15) is 9.59 Å². The van der Waals surface area contributed by atoms with Gasteiger partial charge in [0.25, 0.3) is 0 Å².